The number of carbonyl (C=O) groups is 1. The zero-order valence-corrected chi connectivity index (χ0v) is 14.6. The van der Waals surface area contributed by atoms with E-state index in [2.05, 4.69) is 17.0 Å². The van der Waals surface area contributed by atoms with Crippen LogP contribution in [0.4, 0.5) is 0 Å². The fourth-order valence-corrected chi connectivity index (χ4v) is 2.97. The Morgan fingerprint density at radius 2 is 1.46 bits per heavy atom. The minimum atomic E-state index is 0. The average molecular weight is 346 g/mol. The summed E-state index contributed by atoms with van der Waals surface area (Å²) < 4.78 is 5.85. The van der Waals surface area contributed by atoms with Crippen molar-refractivity contribution in [3.8, 4) is 16.9 Å². The van der Waals surface area contributed by atoms with E-state index in [-0.39, 0.29) is 12.4 Å². The molecule has 0 aliphatic carbocycles. The molecule has 3 nitrogen and oxygen atoms in total. The Morgan fingerprint density at radius 1 is 0.875 bits per heavy atom. The molecule has 128 valence electrons. The largest absolute Gasteiger partial charge is 0.492 e. The van der Waals surface area contributed by atoms with Gasteiger partial charge in [-0.1, -0.05) is 42.8 Å². The fraction of sp³-hybridized carbons (Fsp3) is 0.350. The van der Waals surface area contributed by atoms with Crippen LogP contribution in [0.3, 0.4) is 0 Å². The number of ether oxygens (including phenoxy) is 1. The van der Waals surface area contributed by atoms with Crippen molar-refractivity contribution in [2.24, 2.45) is 0 Å². The molecule has 3 rings (SSSR count). The van der Waals surface area contributed by atoms with Crippen molar-refractivity contribution in [2.75, 3.05) is 26.2 Å². The van der Waals surface area contributed by atoms with Gasteiger partial charge < -0.3 is 4.74 Å². The molecule has 0 aromatic heterocycles. The van der Waals surface area contributed by atoms with Crippen LogP contribution in [-0.4, -0.2) is 37.4 Å². The predicted octanol–water partition coefficient (Wildman–Crippen LogP) is 4.45. The second-order valence-electron chi connectivity index (χ2n) is 6.01. The molecule has 0 amide bonds. The molecule has 1 aliphatic rings. The van der Waals surface area contributed by atoms with Crippen molar-refractivity contribution in [1.29, 1.82) is 0 Å². The first-order valence-corrected chi connectivity index (χ1v) is 8.36. The van der Waals surface area contributed by atoms with Gasteiger partial charge in [0.05, 0.1) is 0 Å². The number of benzene rings is 2. The van der Waals surface area contributed by atoms with Crippen LogP contribution in [-0.2, 0) is 0 Å². The lowest BCUT2D eigenvalue weighted by atomic mass is 10.0. The summed E-state index contributed by atoms with van der Waals surface area (Å²) in [5.74, 6) is 0.912. The van der Waals surface area contributed by atoms with Crippen molar-refractivity contribution >= 4 is 18.7 Å². The molecule has 0 unspecified atom stereocenters. The molecule has 0 radical (unpaired) electrons. The second-order valence-corrected chi connectivity index (χ2v) is 6.01. The number of rotatable bonds is 6. The fourth-order valence-electron chi connectivity index (χ4n) is 2.97. The number of piperidine rings is 1. The third-order valence-electron chi connectivity index (χ3n) is 4.36. The third kappa shape index (κ3) is 5.08. The lowest BCUT2D eigenvalue weighted by molar-refractivity contribution is 0.112. The molecule has 1 aliphatic heterocycles. The Kier molecular flexibility index (Phi) is 7.29. The number of aldehydes is 1. The maximum Gasteiger partial charge on any atom is 0.150 e. The molecule has 24 heavy (non-hydrogen) atoms. The predicted molar refractivity (Wildman–Crippen MR) is 100 cm³/mol. The van der Waals surface area contributed by atoms with Crippen molar-refractivity contribution in [1.82, 2.24) is 4.90 Å². The van der Waals surface area contributed by atoms with Crippen LogP contribution in [0.15, 0.2) is 48.5 Å². The Hall–Kier alpha value is -1.84. The Bertz CT molecular complexity index is 619. The number of hydrogen-bond donors (Lipinski definition) is 0. The molecule has 0 bridgehead atoms. The van der Waals surface area contributed by atoms with Crippen molar-refractivity contribution in [2.45, 2.75) is 19.3 Å². The minimum absolute atomic E-state index is 0. The molecule has 1 saturated heterocycles. The molecule has 2 aromatic carbocycles. The number of carbonyl (C=O) groups excluding carboxylic acids is 1. The molecule has 1 fully saturated rings. The van der Waals surface area contributed by atoms with Crippen molar-refractivity contribution in [3.63, 3.8) is 0 Å². The van der Waals surface area contributed by atoms with Crippen LogP contribution in [0.25, 0.3) is 11.1 Å². The summed E-state index contributed by atoms with van der Waals surface area (Å²) >= 11 is 0. The summed E-state index contributed by atoms with van der Waals surface area (Å²) in [4.78, 5) is 13.2. The van der Waals surface area contributed by atoms with E-state index in [1.54, 1.807) is 0 Å². The van der Waals surface area contributed by atoms with Gasteiger partial charge in [-0.2, -0.15) is 0 Å². The summed E-state index contributed by atoms with van der Waals surface area (Å²) in [6, 6.07) is 15.8. The molecule has 0 saturated carbocycles. The molecular weight excluding hydrogens is 322 g/mol. The monoisotopic (exact) mass is 345 g/mol. The van der Waals surface area contributed by atoms with E-state index in [0.717, 1.165) is 36.3 Å². The van der Waals surface area contributed by atoms with Crippen molar-refractivity contribution < 1.29 is 9.53 Å². The summed E-state index contributed by atoms with van der Waals surface area (Å²) in [6.07, 6.45) is 4.87. The SMILES string of the molecule is Cl.O=Cc1ccc(-c2ccc(OCCN3CCCCC3)cc2)cc1. The van der Waals surface area contributed by atoms with Gasteiger partial charge in [0.15, 0.2) is 0 Å². The third-order valence-corrected chi connectivity index (χ3v) is 4.36. The highest BCUT2D eigenvalue weighted by Gasteiger charge is 2.09. The van der Waals surface area contributed by atoms with E-state index in [1.165, 1.54) is 32.4 Å². The highest BCUT2D eigenvalue weighted by atomic mass is 35.5. The summed E-state index contributed by atoms with van der Waals surface area (Å²) in [5, 5.41) is 0. The number of halogens is 1. The molecule has 4 heteroatoms. The number of hydrogen-bond acceptors (Lipinski definition) is 3. The van der Waals surface area contributed by atoms with Crippen LogP contribution in [0.1, 0.15) is 29.6 Å². The van der Waals surface area contributed by atoms with Gasteiger partial charge in [-0.15, -0.1) is 12.4 Å². The standard InChI is InChI=1S/C20H23NO2.ClH/c22-16-17-4-6-18(7-5-17)19-8-10-20(11-9-19)23-15-14-21-12-2-1-3-13-21;/h4-11,16H,1-3,12-15H2;1H. The van der Waals surface area contributed by atoms with Crippen molar-refractivity contribution in [3.05, 3.63) is 54.1 Å². The smallest absolute Gasteiger partial charge is 0.150 e. The lowest BCUT2D eigenvalue weighted by Crippen LogP contribution is -2.33. The quantitative estimate of drug-likeness (QED) is 0.724. The van der Waals surface area contributed by atoms with Crippen LogP contribution in [0.5, 0.6) is 5.75 Å². The van der Waals surface area contributed by atoms with Crippen LogP contribution >= 0.6 is 12.4 Å². The highest BCUT2D eigenvalue weighted by Crippen LogP contribution is 2.22. The molecule has 0 N–H and O–H groups in total. The first-order valence-electron chi connectivity index (χ1n) is 8.36. The van der Waals surface area contributed by atoms with Gasteiger partial charge in [0.2, 0.25) is 0 Å². The van der Waals surface area contributed by atoms with Crippen LogP contribution in [0, 0.1) is 0 Å². The van der Waals surface area contributed by atoms with E-state index in [0.29, 0.717) is 5.56 Å². The molecular formula is C20H24ClNO2. The van der Waals surface area contributed by atoms with Gasteiger partial charge in [0, 0.05) is 12.1 Å². The zero-order valence-electron chi connectivity index (χ0n) is 13.8. The van der Waals surface area contributed by atoms with Gasteiger partial charge in [0.1, 0.15) is 18.6 Å². The Labute approximate surface area is 150 Å². The van der Waals surface area contributed by atoms with Gasteiger partial charge in [-0.25, -0.2) is 0 Å². The Morgan fingerprint density at radius 3 is 2.04 bits per heavy atom. The normalized spacial score (nSPS) is 14.7. The van der Waals surface area contributed by atoms with Gasteiger partial charge >= 0.3 is 0 Å². The molecule has 2 aromatic rings. The van der Waals surface area contributed by atoms with E-state index < -0.39 is 0 Å². The second kappa shape index (κ2) is 9.45. The summed E-state index contributed by atoms with van der Waals surface area (Å²) in [5.41, 5.74) is 2.94. The average Bonchev–Trinajstić information content (AvgIpc) is 2.63. The minimum Gasteiger partial charge on any atom is -0.492 e. The molecule has 0 atom stereocenters. The molecule has 0 spiro atoms. The van der Waals surface area contributed by atoms with E-state index >= 15 is 0 Å². The van der Waals surface area contributed by atoms with E-state index in [1.807, 2.05) is 36.4 Å². The first kappa shape index (κ1) is 18.5. The number of likely N-dealkylation sites (tertiary alicyclic amines) is 1. The van der Waals surface area contributed by atoms with E-state index in [9.17, 15) is 4.79 Å². The zero-order chi connectivity index (χ0) is 15.9. The van der Waals surface area contributed by atoms with Crippen LogP contribution in [0.2, 0.25) is 0 Å². The van der Waals surface area contributed by atoms with Gasteiger partial charge in [-0.05, 0) is 49.2 Å². The Balaban J connectivity index is 0.00000208. The van der Waals surface area contributed by atoms with Gasteiger partial charge in [0.25, 0.3) is 0 Å². The number of nitrogens with zero attached hydrogens (tertiary/aromatic N) is 1. The topological polar surface area (TPSA) is 29.5 Å². The molecule has 1 heterocycles. The summed E-state index contributed by atoms with van der Waals surface area (Å²) in [7, 11) is 0. The maximum atomic E-state index is 10.7. The maximum absolute atomic E-state index is 10.7. The highest BCUT2D eigenvalue weighted by molar-refractivity contribution is 5.85. The van der Waals surface area contributed by atoms with Crippen LogP contribution < -0.4 is 4.74 Å². The van der Waals surface area contributed by atoms with Gasteiger partial charge in [-0.3, -0.25) is 9.69 Å². The summed E-state index contributed by atoms with van der Waals surface area (Å²) in [6.45, 7) is 4.17. The first-order chi connectivity index (χ1) is 11.3. The lowest BCUT2D eigenvalue weighted by Gasteiger charge is -2.26. The van der Waals surface area contributed by atoms with E-state index in [4.69, 9.17) is 4.74 Å².